The van der Waals surface area contributed by atoms with Crippen molar-refractivity contribution in [2.75, 3.05) is 7.11 Å². The second-order valence-electron chi connectivity index (χ2n) is 3.03. The molecule has 0 aromatic carbocycles. The highest BCUT2D eigenvalue weighted by Crippen LogP contribution is 2.20. The highest BCUT2D eigenvalue weighted by molar-refractivity contribution is 5.86. The molecule has 0 fully saturated rings. The minimum Gasteiger partial charge on any atom is -0.480 e. The molecule has 0 saturated carbocycles. The number of hydrogen-bond donors (Lipinski definition) is 2. The van der Waals surface area contributed by atoms with Crippen molar-refractivity contribution in [1.29, 1.82) is 0 Å². The van der Waals surface area contributed by atoms with Crippen molar-refractivity contribution in [3.8, 4) is 0 Å². The number of nitrogens with two attached hydrogens (primary N) is 1. The van der Waals surface area contributed by atoms with E-state index >= 15 is 0 Å². The van der Waals surface area contributed by atoms with Gasteiger partial charge in [0.2, 0.25) is 0 Å². The molecule has 0 amide bonds. The Morgan fingerprint density at radius 2 is 1.92 bits per heavy atom. The maximum absolute atomic E-state index is 11.0. The minimum atomic E-state index is -1.25. The number of rotatable bonds is 3. The summed E-state index contributed by atoms with van der Waals surface area (Å²) in [7, 11) is 1.19. The third-order valence-corrected chi connectivity index (χ3v) is 1.76. The largest absolute Gasteiger partial charge is 0.480 e. The van der Waals surface area contributed by atoms with Crippen LogP contribution in [0, 0.1) is 5.41 Å². The molecule has 5 heteroatoms. The average molecular weight is 175 g/mol. The molecule has 0 aromatic rings. The first kappa shape index (κ1) is 10.9. The van der Waals surface area contributed by atoms with Gasteiger partial charge in [-0.1, -0.05) is 0 Å². The van der Waals surface area contributed by atoms with Gasteiger partial charge in [0, 0.05) is 0 Å². The van der Waals surface area contributed by atoms with Crippen LogP contribution in [0.5, 0.6) is 0 Å². The molecule has 3 N–H and O–H groups in total. The summed E-state index contributed by atoms with van der Waals surface area (Å²) in [6, 6.07) is -1.25. The molecular weight excluding hydrogens is 162 g/mol. The lowest BCUT2D eigenvalue weighted by Crippen LogP contribution is -2.48. The van der Waals surface area contributed by atoms with Crippen LogP contribution in [0.15, 0.2) is 0 Å². The standard InChI is InChI=1S/C7H13NO4/c1-7(2,6(11)12-3)4(8)5(9)10/h4H,8H2,1-3H3,(H,9,10). The number of carbonyl (C=O) groups is 2. The van der Waals surface area contributed by atoms with Crippen molar-refractivity contribution in [2.24, 2.45) is 11.1 Å². The van der Waals surface area contributed by atoms with Crippen LogP contribution < -0.4 is 5.73 Å². The lowest BCUT2D eigenvalue weighted by atomic mass is 9.85. The lowest BCUT2D eigenvalue weighted by molar-refractivity contribution is -0.158. The average Bonchev–Trinajstić information content (AvgIpc) is 2.01. The van der Waals surface area contributed by atoms with E-state index in [0.717, 1.165) is 0 Å². The summed E-state index contributed by atoms with van der Waals surface area (Å²) < 4.78 is 4.40. The van der Waals surface area contributed by atoms with Gasteiger partial charge >= 0.3 is 11.9 Å². The Morgan fingerprint density at radius 1 is 1.50 bits per heavy atom. The molecule has 12 heavy (non-hydrogen) atoms. The Kier molecular flexibility index (Phi) is 3.21. The van der Waals surface area contributed by atoms with Gasteiger partial charge < -0.3 is 15.6 Å². The third kappa shape index (κ3) is 1.94. The van der Waals surface area contributed by atoms with Crippen LogP contribution in [-0.2, 0) is 14.3 Å². The van der Waals surface area contributed by atoms with Gasteiger partial charge in [0.1, 0.15) is 6.04 Å². The van der Waals surface area contributed by atoms with Crippen molar-refractivity contribution in [1.82, 2.24) is 0 Å². The molecule has 70 valence electrons. The van der Waals surface area contributed by atoms with Crippen molar-refractivity contribution in [3.05, 3.63) is 0 Å². The fourth-order valence-corrected chi connectivity index (χ4v) is 0.699. The number of ether oxygens (including phenoxy) is 1. The Hall–Kier alpha value is -1.10. The molecule has 0 heterocycles. The first-order chi connectivity index (χ1) is 5.34. The quantitative estimate of drug-likeness (QED) is 0.569. The smallest absolute Gasteiger partial charge is 0.321 e. The third-order valence-electron chi connectivity index (χ3n) is 1.76. The van der Waals surface area contributed by atoms with Gasteiger partial charge in [-0.3, -0.25) is 9.59 Å². The lowest BCUT2D eigenvalue weighted by Gasteiger charge is -2.24. The summed E-state index contributed by atoms with van der Waals surface area (Å²) >= 11 is 0. The summed E-state index contributed by atoms with van der Waals surface area (Å²) in [6.07, 6.45) is 0. The van der Waals surface area contributed by atoms with Crippen LogP contribution in [0.25, 0.3) is 0 Å². The van der Waals surface area contributed by atoms with Gasteiger partial charge in [-0.15, -0.1) is 0 Å². The van der Waals surface area contributed by atoms with Gasteiger partial charge in [-0.25, -0.2) is 0 Å². The highest BCUT2D eigenvalue weighted by atomic mass is 16.5. The van der Waals surface area contributed by atoms with Crippen molar-refractivity contribution in [3.63, 3.8) is 0 Å². The van der Waals surface area contributed by atoms with E-state index in [1.807, 2.05) is 0 Å². The van der Waals surface area contributed by atoms with Crippen molar-refractivity contribution < 1.29 is 19.4 Å². The first-order valence-corrected chi connectivity index (χ1v) is 3.40. The van der Waals surface area contributed by atoms with Gasteiger partial charge in [-0.2, -0.15) is 0 Å². The van der Waals surface area contributed by atoms with Crippen LogP contribution in [0.1, 0.15) is 13.8 Å². The molecule has 0 radical (unpaired) electrons. The minimum absolute atomic E-state index is 0.627. The molecule has 1 unspecified atom stereocenters. The first-order valence-electron chi connectivity index (χ1n) is 3.40. The number of esters is 1. The Labute approximate surface area is 70.5 Å². The molecule has 0 aliphatic heterocycles. The van der Waals surface area contributed by atoms with E-state index in [-0.39, 0.29) is 0 Å². The fraction of sp³-hybridized carbons (Fsp3) is 0.714. The SMILES string of the molecule is COC(=O)C(C)(C)C(N)C(=O)O. The van der Waals surface area contributed by atoms with E-state index in [9.17, 15) is 9.59 Å². The highest BCUT2D eigenvalue weighted by Gasteiger charge is 2.39. The molecule has 0 aromatic heterocycles. The van der Waals surface area contributed by atoms with Gasteiger partial charge in [0.05, 0.1) is 12.5 Å². The number of aliphatic carboxylic acids is 1. The topological polar surface area (TPSA) is 89.6 Å². The molecule has 0 spiro atoms. The molecular formula is C7H13NO4. The van der Waals surface area contributed by atoms with E-state index in [4.69, 9.17) is 10.8 Å². The zero-order chi connectivity index (χ0) is 9.94. The monoisotopic (exact) mass is 175 g/mol. The second-order valence-corrected chi connectivity index (χ2v) is 3.03. The van der Waals surface area contributed by atoms with Gasteiger partial charge in [-0.05, 0) is 13.8 Å². The van der Waals surface area contributed by atoms with E-state index < -0.39 is 23.4 Å². The molecule has 1 atom stereocenters. The Balaban J connectivity index is 4.60. The van der Waals surface area contributed by atoms with E-state index in [1.165, 1.54) is 21.0 Å². The summed E-state index contributed by atoms with van der Waals surface area (Å²) in [5.74, 6) is -1.84. The molecule has 0 aliphatic rings. The van der Waals surface area contributed by atoms with Crippen molar-refractivity contribution >= 4 is 11.9 Å². The summed E-state index contributed by atoms with van der Waals surface area (Å²) in [5.41, 5.74) is 4.08. The summed E-state index contributed by atoms with van der Waals surface area (Å²) in [5, 5.41) is 8.53. The maximum atomic E-state index is 11.0. The number of hydrogen-bond acceptors (Lipinski definition) is 4. The Morgan fingerprint density at radius 3 is 2.17 bits per heavy atom. The van der Waals surface area contributed by atoms with E-state index in [1.54, 1.807) is 0 Å². The molecule has 0 bridgehead atoms. The van der Waals surface area contributed by atoms with Crippen molar-refractivity contribution in [2.45, 2.75) is 19.9 Å². The van der Waals surface area contributed by atoms with Crippen LogP contribution in [-0.4, -0.2) is 30.2 Å². The zero-order valence-electron chi connectivity index (χ0n) is 7.33. The van der Waals surface area contributed by atoms with Crippen LogP contribution in [0.2, 0.25) is 0 Å². The Bertz CT molecular complexity index is 200. The predicted molar refractivity (Wildman–Crippen MR) is 41.4 cm³/mol. The molecule has 0 aliphatic carbocycles. The number of carbonyl (C=O) groups excluding carboxylic acids is 1. The van der Waals surface area contributed by atoms with Gasteiger partial charge in [0.15, 0.2) is 0 Å². The zero-order valence-corrected chi connectivity index (χ0v) is 7.33. The van der Waals surface area contributed by atoms with Crippen LogP contribution >= 0.6 is 0 Å². The predicted octanol–water partition coefficient (Wildman–Crippen LogP) is -0.402. The number of methoxy groups -OCH3 is 1. The normalized spacial score (nSPS) is 13.7. The molecule has 5 nitrogen and oxygen atoms in total. The van der Waals surface area contributed by atoms with Crippen LogP contribution in [0.3, 0.4) is 0 Å². The fourth-order valence-electron chi connectivity index (χ4n) is 0.699. The number of carboxylic acid groups (broad SMARTS) is 1. The van der Waals surface area contributed by atoms with Crippen LogP contribution in [0.4, 0.5) is 0 Å². The van der Waals surface area contributed by atoms with E-state index in [2.05, 4.69) is 4.74 Å². The summed E-state index contributed by atoms with van der Waals surface area (Å²) in [6.45, 7) is 2.86. The summed E-state index contributed by atoms with van der Waals surface area (Å²) in [4.78, 5) is 21.4. The van der Waals surface area contributed by atoms with Gasteiger partial charge in [0.25, 0.3) is 0 Å². The molecule has 0 saturated heterocycles. The second kappa shape index (κ2) is 3.53. The van der Waals surface area contributed by atoms with E-state index in [0.29, 0.717) is 0 Å². The number of carboxylic acids is 1. The maximum Gasteiger partial charge on any atom is 0.321 e. The molecule has 0 rings (SSSR count).